The highest BCUT2D eigenvalue weighted by atomic mass is 16.5. The maximum absolute atomic E-state index is 12.4. The molecule has 0 aromatic heterocycles. The van der Waals surface area contributed by atoms with E-state index in [4.69, 9.17) is 10.5 Å². The monoisotopic (exact) mass is 254 g/mol. The van der Waals surface area contributed by atoms with Gasteiger partial charge in [-0.25, -0.2) is 0 Å². The van der Waals surface area contributed by atoms with Crippen molar-refractivity contribution in [3.8, 4) is 0 Å². The van der Waals surface area contributed by atoms with E-state index in [-0.39, 0.29) is 23.7 Å². The highest BCUT2D eigenvalue weighted by molar-refractivity contribution is 5.77. The van der Waals surface area contributed by atoms with Crippen molar-refractivity contribution >= 4 is 5.91 Å². The molecular weight excluding hydrogens is 228 g/mol. The van der Waals surface area contributed by atoms with Gasteiger partial charge < -0.3 is 15.4 Å². The fraction of sp³-hybridized carbons (Fsp3) is 0.929. The summed E-state index contributed by atoms with van der Waals surface area (Å²) >= 11 is 0. The summed E-state index contributed by atoms with van der Waals surface area (Å²) in [5, 5.41) is 0. The van der Waals surface area contributed by atoms with Gasteiger partial charge in [0, 0.05) is 25.0 Å². The van der Waals surface area contributed by atoms with Crippen molar-refractivity contribution in [3.63, 3.8) is 0 Å². The number of nitrogens with zero attached hydrogens (tertiary/aromatic N) is 1. The lowest BCUT2D eigenvalue weighted by Gasteiger charge is -2.39. The SMILES string of the molecule is C[C@@H]1CN(C(=O)CC2(N)CCCCC2)C[C@H](C)O1. The summed E-state index contributed by atoms with van der Waals surface area (Å²) in [5.41, 5.74) is 6.11. The zero-order valence-electron chi connectivity index (χ0n) is 11.7. The Morgan fingerprint density at radius 1 is 1.22 bits per heavy atom. The number of morpholine rings is 1. The summed E-state index contributed by atoms with van der Waals surface area (Å²) in [6.45, 7) is 5.46. The Kier molecular flexibility index (Phi) is 4.28. The standard InChI is InChI=1S/C14H26N2O2/c1-11-9-16(10-12(2)18-11)13(17)8-14(15)6-4-3-5-7-14/h11-12H,3-10,15H2,1-2H3/t11-,12+. The number of hydrogen-bond donors (Lipinski definition) is 1. The number of ether oxygens (including phenoxy) is 1. The van der Waals surface area contributed by atoms with E-state index in [2.05, 4.69) is 0 Å². The molecule has 0 bridgehead atoms. The minimum atomic E-state index is -0.250. The Morgan fingerprint density at radius 2 is 1.78 bits per heavy atom. The van der Waals surface area contributed by atoms with Crippen LogP contribution in [0.1, 0.15) is 52.4 Å². The Bertz CT molecular complexity index is 290. The Morgan fingerprint density at radius 3 is 2.33 bits per heavy atom. The molecule has 4 heteroatoms. The van der Waals surface area contributed by atoms with Gasteiger partial charge in [-0.15, -0.1) is 0 Å². The zero-order chi connectivity index (χ0) is 13.2. The molecule has 0 aromatic carbocycles. The van der Waals surface area contributed by atoms with E-state index in [0.717, 1.165) is 12.8 Å². The van der Waals surface area contributed by atoms with E-state index in [1.54, 1.807) is 0 Å². The van der Waals surface area contributed by atoms with Crippen LogP contribution in [0.5, 0.6) is 0 Å². The lowest BCUT2D eigenvalue weighted by molar-refractivity contribution is -0.144. The first kappa shape index (κ1) is 13.8. The first-order valence-electron chi connectivity index (χ1n) is 7.21. The largest absolute Gasteiger partial charge is 0.372 e. The van der Waals surface area contributed by atoms with Gasteiger partial charge in [-0.05, 0) is 26.7 Å². The van der Waals surface area contributed by atoms with Gasteiger partial charge in [0.05, 0.1) is 12.2 Å². The first-order chi connectivity index (χ1) is 8.48. The minimum absolute atomic E-state index is 0.137. The average Bonchev–Trinajstić information content (AvgIpc) is 2.28. The molecule has 2 atom stereocenters. The first-order valence-corrected chi connectivity index (χ1v) is 7.21. The molecular formula is C14H26N2O2. The van der Waals surface area contributed by atoms with Gasteiger partial charge in [-0.1, -0.05) is 19.3 Å². The molecule has 0 radical (unpaired) electrons. The van der Waals surface area contributed by atoms with E-state index >= 15 is 0 Å². The molecule has 1 aliphatic heterocycles. The third kappa shape index (κ3) is 3.45. The number of carbonyl (C=O) groups is 1. The molecule has 2 aliphatic rings. The highest BCUT2D eigenvalue weighted by Crippen LogP contribution is 2.29. The summed E-state index contributed by atoms with van der Waals surface area (Å²) in [6.07, 6.45) is 6.36. The molecule has 1 saturated carbocycles. The molecule has 2 N–H and O–H groups in total. The van der Waals surface area contributed by atoms with Gasteiger partial charge in [-0.3, -0.25) is 4.79 Å². The van der Waals surface area contributed by atoms with E-state index < -0.39 is 0 Å². The summed E-state index contributed by atoms with van der Waals surface area (Å²) < 4.78 is 5.66. The van der Waals surface area contributed by atoms with Gasteiger partial charge in [0.15, 0.2) is 0 Å². The maximum atomic E-state index is 12.4. The van der Waals surface area contributed by atoms with Crippen molar-refractivity contribution in [2.75, 3.05) is 13.1 Å². The van der Waals surface area contributed by atoms with Crippen molar-refractivity contribution in [2.24, 2.45) is 5.73 Å². The van der Waals surface area contributed by atoms with Crippen LogP contribution < -0.4 is 5.73 Å². The predicted molar refractivity (Wildman–Crippen MR) is 71.2 cm³/mol. The van der Waals surface area contributed by atoms with Crippen molar-refractivity contribution in [3.05, 3.63) is 0 Å². The molecule has 2 rings (SSSR count). The van der Waals surface area contributed by atoms with Crippen molar-refractivity contribution in [1.29, 1.82) is 0 Å². The molecule has 1 heterocycles. The lowest BCUT2D eigenvalue weighted by Crippen LogP contribution is -2.52. The van der Waals surface area contributed by atoms with Gasteiger partial charge >= 0.3 is 0 Å². The number of amides is 1. The molecule has 0 unspecified atom stereocenters. The quantitative estimate of drug-likeness (QED) is 0.815. The second-order valence-electron chi connectivity index (χ2n) is 6.16. The number of nitrogens with two attached hydrogens (primary N) is 1. The van der Waals surface area contributed by atoms with Crippen LogP contribution in [0.4, 0.5) is 0 Å². The molecule has 1 aliphatic carbocycles. The van der Waals surface area contributed by atoms with Crippen molar-refractivity contribution in [2.45, 2.75) is 70.1 Å². The van der Waals surface area contributed by atoms with Crippen LogP contribution in [0.3, 0.4) is 0 Å². The van der Waals surface area contributed by atoms with Gasteiger partial charge in [0.25, 0.3) is 0 Å². The minimum Gasteiger partial charge on any atom is -0.372 e. The van der Waals surface area contributed by atoms with E-state index in [1.807, 2.05) is 18.7 Å². The molecule has 1 amide bonds. The van der Waals surface area contributed by atoms with Crippen molar-refractivity contribution in [1.82, 2.24) is 4.90 Å². The molecule has 104 valence electrons. The van der Waals surface area contributed by atoms with Gasteiger partial charge in [-0.2, -0.15) is 0 Å². The zero-order valence-corrected chi connectivity index (χ0v) is 11.7. The van der Waals surface area contributed by atoms with E-state index in [9.17, 15) is 4.79 Å². The third-order valence-electron chi connectivity index (χ3n) is 4.12. The normalized spacial score (nSPS) is 32.3. The van der Waals surface area contributed by atoms with Gasteiger partial charge in [0.1, 0.15) is 0 Å². The third-order valence-corrected chi connectivity index (χ3v) is 4.12. The second-order valence-corrected chi connectivity index (χ2v) is 6.16. The number of carbonyl (C=O) groups excluding carboxylic acids is 1. The fourth-order valence-electron chi connectivity index (χ4n) is 3.23. The maximum Gasteiger partial charge on any atom is 0.224 e. The van der Waals surface area contributed by atoms with Crippen LogP contribution in [-0.4, -0.2) is 41.6 Å². The lowest BCUT2D eigenvalue weighted by atomic mass is 9.80. The average molecular weight is 254 g/mol. The molecule has 0 spiro atoms. The summed E-state index contributed by atoms with van der Waals surface area (Å²) in [7, 11) is 0. The molecule has 2 fully saturated rings. The highest BCUT2D eigenvalue weighted by Gasteiger charge is 2.33. The van der Waals surface area contributed by atoms with Crippen LogP contribution in [0.15, 0.2) is 0 Å². The van der Waals surface area contributed by atoms with E-state index in [1.165, 1.54) is 19.3 Å². The van der Waals surface area contributed by atoms with Crippen LogP contribution in [0.2, 0.25) is 0 Å². The molecule has 4 nitrogen and oxygen atoms in total. The fourth-order valence-corrected chi connectivity index (χ4v) is 3.23. The smallest absolute Gasteiger partial charge is 0.224 e. The Labute approximate surface area is 110 Å². The second kappa shape index (κ2) is 5.57. The number of hydrogen-bond acceptors (Lipinski definition) is 3. The Balaban J connectivity index is 1.90. The summed E-state index contributed by atoms with van der Waals surface area (Å²) in [6, 6.07) is 0. The Hall–Kier alpha value is -0.610. The summed E-state index contributed by atoms with van der Waals surface area (Å²) in [4.78, 5) is 14.3. The topological polar surface area (TPSA) is 55.6 Å². The molecule has 18 heavy (non-hydrogen) atoms. The van der Waals surface area contributed by atoms with Crippen LogP contribution >= 0.6 is 0 Å². The van der Waals surface area contributed by atoms with Crippen LogP contribution in [0, 0.1) is 0 Å². The molecule has 1 saturated heterocycles. The molecule has 0 aromatic rings. The van der Waals surface area contributed by atoms with Crippen LogP contribution in [0.25, 0.3) is 0 Å². The summed E-state index contributed by atoms with van der Waals surface area (Å²) in [5.74, 6) is 0.210. The van der Waals surface area contributed by atoms with E-state index in [0.29, 0.717) is 19.5 Å². The van der Waals surface area contributed by atoms with Gasteiger partial charge in [0.2, 0.25) is 5.91 Å². The van der Waals surface area contributed by atoms with Crippen molar-refractivity contribution < 1.29 is 9.53 Å². The number of rotatable bonds is 2. The predicted octanol–water partition coefficient (Wildman–Crippen LogP) is 1.67. The van der Waals surface area contributed by atoms with Crippen LogP contribution in [-0.2, 0) is 9.53 Å².